The highest BCUT2D eigenvalue weighted by Crippen LogP contribution is 2.38. The fraction of sp³-hybridized carbons (Fsp3) is 0.368. The molecule has 25 heavy (non-hydrogen) atoms. The van der Waals surface area contributed by atoms with Gasteiger partial charge in [-0.1, -0.05) is 25.1 Å². The van der Waals surface area contributed by atoms with Gasteiger partial charge in [0.2, 0.25) is 5.91 Å². The molecule has 0 aliphatic carbocycles. The Balaban J connectivity index is 1.94. The molecular formula is C19H23N3O3. The van der Waals surface area contributed by atoms with Gasteiger partial charge in [-0.25, -0.2) is 0 Å². The van der Waals surface area contributed by atoms with Gasteiger partial charge >= 0.3 is 0 Å². The van der Waals surface area contributed by atoms with Crippen LogP contribution in [0.3, 0.4) is 0 Å². The number of aromatic amines is 1. The number of hydrogen-bond donors (Lipinski definition) is 2. The lowest BCUT2D eigenvalue weighted by molar-refractivity contribution is 0.0535. The molecule has 0 saturated carbocycles. The second-order valence-corrected chi connectivity index (χ2v) is 6.56. The molecule has 132 valence electrons. The first-order valence-corrected chi connectivity index (χ1v) is 8.43. The fourth-order valence-electron chi connectivity index (χ4n) is 3.46. The number of likely N-dealkylation sites (tertiary alicyclic amines) is 1. The van der Waals surface area contributed by atoms with E-state index >= 15 is 0 Å². The summed E-state index contributed by atoms with van der Waals surface area (Å²) in [5.74, 6) is 0.517. The highest BCUT2D eigenvalue weighted by molar-refractivity contribution is 5.98. The number of para-hydroxylation sites is 1. The first kappa shape index (κ1) is 17.1. The topological polar surface area (TPSA) is 88.4 Å². The smallest absolute Gasteiger partial charge is 0.270 e. The molecule has 6 heteroatoms. The molecule has 1 aliphatic heterocycles. The molecule has 2 aromatic rings. The molecule has 3 N–H and O–H groups in total. The van der Waals surface area contributed by atoms with Gasteiger partial charge in [-0.3, -0.25) is 9.59 Å². The van der Waals surface area contributed by atoms with E-state index in [0.29, 0.717) is 23.7 Å². The number of nitrogens with two attached hydrogens (primary N) is 1. The summed E-state index contributed by atoms with van der Waals surface area (Å²) in [6, 6.07) is 9.25. The molecule has 2 unspecified atom stereocenters. The summed E-state index contributed by atoms with van der Waals surface area (Å²) < 4.78 is 5.49. The first-order chi connectivity index (χ1) is 12.0. The van der Waals surface area contributed by atoms with Crippen molar-refractivity contribution in [2.75, 3.05) is 13.7 Å². The van der Waals surface area contributed by atoms with Crippen molar-refractivity contribution in [1.82, 2.24) is 9.88 Å². The Morgan fingerprint density at radius 2 is 2.04 bits per heavy atom. The van der Waals surface area contributed by atoms with Crippen LogP contribution in [0.15, 0.2) is 36.5 Å². The van der Waals surface area contributed by atoms with Crippen molar-refractivity contribution >= 4 is 11.8 Å². The van der Waals surface area contributed by atoms with Crippen LogP contribution < -0.4 is 10.5 Å². The summed E-state index contributed by atoms with van der Waals surface area (Å²) in [6.07, 6.45) is 3.39. The van der Waals surface area contributed by atoms with E-state index < -0.39 is 5.91 Å². The Bertz CT molecular complexity index is 784. The van der Waals surface area contributed by atoms with Gasteiger partial charge in [0.15, 0.2) is 0 Å². The van der Waals surface area contributed by atoms with Gasteiger partial charge in [0.1, 0.15) is 11.4 Å². The highest BCUT2D eigenvalue weighted by atomic mass is 16.5. The number of methoxy groups -OCH3 is 1. The number of carbonyl (C=O) groups is 2. The van der Waals surface area contributed by atoms with E-state index in [4.69, 9.17) is 10.5 Å². The Labute approximate surface area is 147 Å². The fourth-order valence-corrected chi connectivity index (χ4v) is 3.46. The van der Waals surface area contributed by atoms with Gasteiger partial charge in [-0.2, -0.15) is 0 Å². The van der Waals surface area contributed by atoms with Crippen LogP contribution in [-0.4, -0.2) is 35.4 Å². The molecule has 0 bridgehead atoms. The summed E-state index contributed by atoms with van der Waals surface area (Å²) in [7, 11) is 1.64. The minimum atomic E-state index is -0.552. The standard InChI is InChI=1S/C19H23N3O3/c1-12-7-8-16(14-5-3-4-6-17(14)25-2)22(11-12)19(24)15-9-13(10-21-15)18(20)23/h3-6,9-10,12,16,21H,7-8,11H2,1-2H3,(H2,20,23). The van der Waals surface area contributed by atoms with Crippen LogP contribution in [0.25, 0.3) is 0 Å². The molecule has 2 atom stereocenters. The zero-order valence-electron chi connectivity index (χ0n) is 14.5. The second kappa shape index (κ2) is 7.01. The van der Waals surface area contributed by atoms with E-state index in [1.54, 1.807) is 7.11 Å². The van der Waals surface area contributed by atoms with Crippen molar-refractivity contribution in [2.45, 2.75) is 25.8 Å². The van der Waals surface area contributed by atoms with Crippen LogP contribution in [0.2, 0.25) is 0 Å². The molecule has 0 spiro atoms. The average molecular weight is 341 g/mol. The summed E-state index contributed by atoms with van der Waals surface area (Å²) in [4.78, 5) is 29.1. The normalized spacial score (nSPS) is 20.3. The van der Waals surface area contributed by atoms with Crippen molar-refractivity contribution in [3.63, 3.8) is 0 Å². The van der Waals surface area contributed by atoms with E-state index in [1.807, 2.05) is 29.2 Å². The van der Waals surface area contributed by atoms with Crippen LogP contribution >= 0.6 is 0 Å². The third-order valence-electron chi connectivity index (χ3n) is 4.77. The zero-order chi connectivity index (χ0) is 18.0. The van der Waals surface area contributed by atoms with Crippen molar-refractivity contribution in [2.24, 2.45) is 11.7 Å². The largest absolute Gasteiger partial charge is 0.496 e. The number of nitrogens with zero attached hydrogens (tertiary/aromatic N) is 1. The SMILES string of the molecule is COc1ccccc1C1CCC(C)CN1C(=O)c1cc(C(N)=O)c[nH]1. The molecule has 6 nitrogen and oxygen atoms in total. The highest BCUT2D eigenvalue weighted by Gasteiger charge is 2.33. The lowest BCUT2D eigenvalue weighted by atomic mass is 9.89. The molecule has 0 radical (unpaired) electrons. The van der Waals surface area contributed by atoms with E-state index in [0.717, 1.165) is 24.2 Å². The number of H-pyrrole nitrogens is 1. The Kier molecular flexibility index (Phi) is 4.79. The number of piperidine rings is 1. The molecule has 1 fully saturated rings. The molecule has 2 heterocycles. The van der Waals surface area contributed by atoms with Crippen molar-refractivity contribution in [1.29, 1.82) is 0 Å². The van der Waals surface area contributed by atoms with Crippen LogP contribution in [0.1, 0.15) is 52.2 Å². The zero-order valence-corrected chi connectivity index (χ0v) is 14.5. The molecule has 1 aromatic carbocycles. The average Bonchev–Trinajstić information content (AvgIpc) is 3.11. The predicted octanol–water partition coefficient (Wildman–Crippen LogP) is 2.74. The maximum absolute atomic E-state index is 13.1. The quantitative estimate of drug-likeness (QED) is 0.896. The summed E-state index contributed by atoms with van der Waals surface area (Å²) in [6.45, 7) is 2.80. The monoisotopic (exact) mass is 341 g/mol. The van der Waals surface area contributed by atoms with Gasteiger partial charge in [-0.05, 0) is 30.9 Å². The minimum Gasteiger partial charge on any atom is -0.496 e. The van der Waals surface area contributed by atoms with Gasteiger partial charge in [-0.15, -0.1) is 0 Å². The summed E-state index contributed by atoms with van der Waals surface area (Å²) in [5, 5.41) is 0. The van der Waals surface area contributed by atoms with Gasteiger partial charge in [0.05, 0.1) is 18.7 Å². The molecule has 3 rings (SSSR count). The number of carbonyl (C=O) groups excluding carboxylic acids is 2. The number of amides is 2. The summed E-state index contributed by atoms with van der Waals surface area (Å²) in [5.41, 5.74) is 6.98. The van der Waals surface area contributed by atoms with Crippen molar-refractivity contribution in [3.8, 4) is 5.75 Å². The number of primary amides is 1. The Morgan fingerprint density at radius 3 is 2.72 bits per heavy atom. The van der Waals surface area contributed by atoms with Gasteiger partial charge in [0, 0.05) is 18.3 Å². The number of ether oxygens (including phenoxy) is 1. The van der Waals surface area contributed by atoms with Crippen LogP contribution in [0.5, 0.6) is 5.75 Å². The number of nitrogens with one attached hydrogen (secondary N) is 1. The molecular weight excluding hydrogens is 318 g/mol. The number of rotatable bonds is 4. The predicted molar refractivity (Wildman–Crippen MR) is 94.5 cm³/mol. The van der Waals surface area contributed by atoms with Crippen LogP contribution in [0, 0.1) is 5.92 Å². The van der Waals surface area contributed by atoms with Crippen molar-refractivity contribution in [3.05, 3.63) is 53.3 Å². The first-order valence-electron chi connectivity index (χ1n) is 8.43. The molecule has 1 aromatic heterocycles. The van der Waals surface area contributed by atoms with Crippen molar-refractivity contribution < 1.29 is 14.3 Å². The second-order valence-electron chi connectivity index (χ2n) is 6.56. The number of hydrogen-bond acceptors (Lipinski definition) is 3. The van der Waals surface area contributed by atoms with Gasteiger partial charge < -0.3 is 20.4 Å². The van der Waals surface area contributed by atoms with Crippen LogP contribution in [0.4, 0.5) is 0 Å². The third kappa shape index (κ3) is 3.38. The lowest BCUT2D eigenvalue weighted by Crippen LogP contribution is -2.41. The Hall–Kier alpha value is -2.76. The Morgan fingerprint density at radius 1 is 1.28 bits per heavy atom. The van der Waals surface area contributed by atoms with E-state index in [9.17, 15) is 9.59 Å². The van der Waals surface area contributed by atoms with Gasteiger partial charge in [0.25, 0.3) is 5.91 Å². The van der Waals surface area contributed by atoms with E-state index in [1.165, 1.54) is 12.3 Å². The molecule has 1 saturated heterocycles. The van der Waals surface area contributed by atoms with Crippen LogP contribution in [-0.2, 0) is 0 Å². The third-order valence-corrected chi connectivity index (χ3v) is 4.77. The number of aromatic nitrogens is 1. The summed E-state index contributed by atoms with van der Waals surface area (Å²) >= 11 is 0. The van der Waals surface area contributed by atoms with E-state index in [-0.39, 0.29) is 11.9 Å². The molecule has 1 aliphatic rings. The maximum Gasteiger partial charge on any atom is 0.270 e. The maximum atomic E-state index is 13.1. The molecule has 2 amide bonds. The van der Waals surface area contributed by atoms with E-state index in [2.05, 4.69) is 11.9 Å². The lowest BCUT2D eigenvalue weighted by Gasteiger charge is -2.39. The minimum absolute atomic E-state index is 0.0554. The number of benzene rings is 1.